The second-order valence-electron chi connectivity index (χ2n) is 2.28. The van der Waals surface area contributed by atoms with Crippen LogP contribution in [0.4, 0.5) is 5.82 Å². The molecule has 0 atom stereocenters. The summed E-state index contributed by atoms with van der Waals surface area (Å²) in [4.78, 5) is 12.0. The van der Waals surface area contributed by atoms with Crippen LogP contribution in [-0.2, 0) is 6.42 Å². The third-order valence-electron chi connectivity index (χ3n) is 1.40. The standard InChI is InChI=1S/C8H11N3/c1-4-7-5-8(9-3)11-6(2)10-7/h5H,3-4H2,1-2H3. The third kappa shape index (κ3) is 1.83. The van der Waals surface area contributed by atoms with Crippen molar-refractivity contribution >= 4 is 12.5 Å². The predicted octanol–water partition coefficient (Wildman–Crippen LogP) is 1.68. The highest BCUT2D eigenvalue weighted by Crippen LogP contribution is 2.08. The van der Waals surface area contributed by atoms with Gasteiger partial charge in [0.05, 0.1) is 0 Å². The molecule has 0 spiro atoms. The Morgan fingerprint density at radius 1 is 1.55 bits per heavy atom. The highest BCUT2D eigenvalue weighted by Gasteiger charge is 1.96. The Morgan fingerprint density at radius 2 is 2.27 bits per heavy atom. The van der Waals surface area contributed by atoms with Crippen molar-refractivity contribution in [1.82, 2.24) is 9.97 Å². The van der Waals surface area contributed by atoms with Crippen LogP contribution < -0.4 is 0 Å². The van der Waals surface area contributed by atoms with Gasteiger partial charge in [0.2, 0.25) is 0 Å². The van der Waals surface area contributed by atoms with Gasteiger partial charge in [0.15, 0.2) is 5.82 Å². The number of aromatic nitrogens is 2. The van der Waals surface area contributed by atoms with E-state index in [9.17, 15) is 0 Å². The zero-order valence-corrected chi connectivity index (χ0v) is 6.83. The molecule has 0 aromatic carbocycles. The lowest BCUT2D eigenvalue weighted by Crippen LogP contribution is -1.92. The molecule has 0 N–H and O–H groups in total. The van der Waals surface area contributed by atoms with Gasteiger partial charge >= 0.3 is 0 Å². The topological polar surface area (TPSA) is 38.1 Å². The van der Waals surface area contributed by atoms with Crippen LogP contribution in [0.3, 0.4) is 0 Å². The lowest BCUT2D eigenvalue weighted by atomic mass is 10.3. The van der Waals surface area contributed by atoms with Gasteiger partial charge in [-0.2, -0.15) is 0 Å². The fourth-order valence-corrected chi connectivity index (χ4v) is 0.874. The Morgan fingerprint density at radius 3 is 2.82 bits per heavy atom. The van der Waals surface area contributed by atoms with E-state index in [1.54, 1.807) is 0 Å². The van der Waals surface area contributed by atoms with Gasteiger partial charge in [0.25, 0.3) is 0 Å². The summed E-state index contributed by atoms with van der Waals surface area (Å²) >= 11 is 0. The van der Waals surface area contributed by atoms with Crippen LogP contribution in [-0.4, -0.2) is 16.7 Å². The molecule has 0 bridgehead atoms. The summed E-state index contributed by atoms with van der Waals surface area (Å²) < 4.78 is 0. The van der Waals surface area contributed by atoms with Gasteiger partial charge in [-0.1, -0.05) is 6.92 Å². The quantitative estimate of drug-likeness (QED) is 0.600. The summed E-state index contributed by atoms with van der Waals surface area (Å²) in [7, 11) is 0. The van der Waals surface area contributed by atoms with E-state index in [1.807, 2.05) is 13.0 Å². The van der Waals surface area contributed by atoms with E-state index in [-0.39, 0.29) is 0 Å². The van der Waals surface area contributed by atoms with Crippen LogP contribution in [0.15, 0.2) is 11.1 Å². The molecule has 0 saturated heterocycles. The summed E-state index contributed by atoms with van der Waals surface area (Å²) in [6.45, 7) is 7.31. The first kappa shape index (κ1) is 7.85. The van der Waals surface area contributed by atoms with Crippen LogP contribution in [0, 0.1) is 6.92 Å². The second-order valence-corrected chi connectivity index (χ2v) is 2.28. The summed E-state index contributed by atoms with van der Waals surface area (Å²) in [5, 5.41) is 0. The SMILES string of the molecule is C=Nc1cc(CC)nc(C)n1. The molecule has 1 aromatic heterocycles. The number of aryl methyl sites for hydroxylation is 2. The van der Waals surface area contributed by atoms with E-state index in [0.717, 1.165) is 17.9 Å². The fourth-order valence-electron chi connectivity index (χ4n) is 0.874. The van der Waals surface area contributed by atoms with E-state index in [1.165, 1.54) is 0 Å². The average molecular weight is 149 g/mol. The first-order valence-corrected chi connectivity index (χ1v) is 3.57. The lowest BCUT2D eigenvalue weighted by Gasteiger charge is -1.98. The van der Waals surface area contributed by atoms with Crippen molar-refractivity contribution in [3.05, 3.63) is 17.6 Å². The summed E-state index contributed by atoms with van der Waals surface area (Å²) in [6, 6.07) is 1.85. The molecule has 0 unspecified atom stereocenters. The van der Waals surface area contributed by atoms with Gasteiger partial charge in [-0.05, 0) is 20.1 Å². The molecule has 0 aliphatic carbocycles. The van der Waals surface area contributed by atoms with Crippen molar-refractivity contribution in [2.45, 2.75) is 20.3 Å². The predicted molar refractivity (Wildman–Crippen MR) is 45.4 cm³/mol. The van der Waals surface area contributed by atoms with Crippen molar-refractivity contribution in [1.29, 1.82) is 0 Å². The summed E-state index contributed by atoms with van der Waals surface area (Å²) in [6.07, 6.45) is 0.909. The Balaban J connectivity index is 3.11. The molecular formula is C8H11N3. The van der Waals surface area contributed by atoms with Crippen molar-refractivity contribution in [2.24, 2.45) is 4.99 Å². The number of hydrogen-bond donors (Lipinski definition) is 0. The van der Waals surface area contributed by atoms with E-state index in [2.05, 4.69) is 28.6 Å². The fraction of sp³-hybridized carbons (Fsp3) is 0.375. The number of rotatable bonds is 2. The van der Waals surface area contributed by atoms with Gasteiger partial charge in [0.1, 0.15) is 5.82 Å². The summed E-state index contributed by atoms with van der Waals surface area (Å²) in [5.41, 5.74) is 1.01. The smallest absolute Gasteiger partial charge is 0.155 e. The maximum absolute atomic E-state index is 4.20. The van der Waals surface area contributed by atoms with Gasteiger partial charge in [-0.15, -0.1) is 0 Å². The molecule has 0 fully saturated rings. The minimum atomic E-state index is 0.661. The Labute approximate surface area is 66.2 Å². The normalized spacial score (nSPS) is 9.64. The zero-order chi connectivity index (χ0) is 8.27. The molecule has 11 heavy (non-hydrogen) atoms. The highest BCUT2D eigenvalue weighted by molar-refractivity contribution is 5.39. The van der Waals surface area contributed by atoms with Crippen molar-refractivity contribution in [2.75, 3.05) is 0 Å². The Hall–Kier alpha value is -1.25. The highest BCUT2D eigenvalue weighted by atomic mass is 15.0. The van der Waals surface area contributed by atoms with Gasteiger partial charge in [-0.3, -0.25) is 0 Å². The Bertz CT molecular complexity index is 268. The molecule has 1 aromatic rings. The molecule has 58 valence electrons. The molecular weight excluding hydrogens is 138 g/mol. The Kier molecular flexibility index (Phi) is 2.31. The largest absolute Gasteiger partial charge is 0.245 e. The van der Waals surface area contributed by atoms with Crippen molar-refractivity contribution in [3.63, 3.8) is 0 Å². The molecule has 0 aliphatic heterocycles. The van der Waals surface area contributed by atoms with E-state index in [4.69, 9.17) is 0 Å². The second kappa shape index (κ2) is 3.23. The maximum atomic E-state index is 4.20. The van der Waals surface area contributed by atoms with Gasteiger partial charge < -0.3 is 0 Å². The molecule has 0 aliphatic rings. The molecule has 1 heterocycles. The molecule has 0 radical (unpaired) electrons. The van der Waals surface area contributed by atoms with Crippen LogP contribution in [0.2, 0.25) is 0 Å². The minimum Gasteiger partial charge on any atom is -0.245 e. The average Bonchev–Trinajstić information content (AvgIpc) is 2.03. The molecule has 3 nitrogen and oxygen atoms in total. The van der Waals surface area contributed by atoms with Crippen molar-refractivity contribution < 1.29 is 0 Å². The zero-order valence-electron chi connectivity index (χ0n) is 6.83. The molecule has 3 heteroatoms. The number of nitrogens with zero attached hydrogens (tertiary/aromatic N) is 3. The lowest BCUT2D eigenvalue weighted by molar-refractivity contribution is 0.949. The molecule has 0 saturated carbocycles. The third-order valence-corrected chi connectivity index (χ3v) is 1.40. The van der Waals surface area contributed by atoms with Crippen LogP contribution in [0.25, 0.3) is 0 Å². The van der Waals surface area contributed by atoms with E-state index >= 15 is 0 Å². The van der Waals surface area contributed by atoms with Gasteiger partial charge in [-0.25, -0.2) is 15.0 Å². The first-order chi connectivity index (χ1) is 5.26. The minimum absolute atomic E-state index is 0.661. The number of aliphatic imine (C=N–C) groups is 1. The van der Waals surface area contributed by atoms with E-state index in [0.29, 0.717) is 5.82 Å². The number of hydrogen-bond acceptors (Lipinski definition) is 3. The molecule has 1 rings (SSSR count). The van der Waals surface area contributed by atoms with Gasteiger partial charge in [0, 0.05) is 11.8 Å². The molecule has 0 amide bonds. The van der Waals surface area contributed by atoms with Crippen LogP contribution in [0.1, 0.15) is 18.4 Å². The van der Waals surface area contributed by atoms with E-state index < -0.39 is 0 Å². The monoisotopic (exact) mass is 149 g/mol. The van der Waals surface area contributed by atoms with Crippen LogP contribution in [0.5, 0.6) is 0 Å². The van der Waals surface area contributed by atoms with Crippen molar-refractivity contribution in [3.8, 4) is 0 Å². The summed E-state index contributed by atoms with van der Waals surface area (Å²) in [5.74, 6) is 1.42. The maximum Gasteiger partial charge on any atom is 0.155 e. The first-order valence-electron chi connectivity index (χ1n) is 3.57. The van der Waals surface area contributed by atoms with Crippen LogP contribution >= 0.6 is 0 Å².